The summed E-state index contributed by atoms with van der Waals surface area (Å²) >= 11 is 0. The smallest absolute Gasteiger partial charge is 0.309 e. The first-order valence-corrected chi connectivity index (χ1v) is 18.4. The van der Waals surface area contributed by atoms with Crippen LogP contribution in [0.5, 0.6) is 0 Å². The molecule has 43 heavy (non-hydrogen) atoms. The summed E-state index contributed by atoms with van der Waals surface area (Å²) in [5.41, 5.74) is 0. The monoisotopic (exact) mass is 606 g/mol. The highest BCUT2D eigenvalue weighted by Gasteiger charge is 2.53. The standard InChI is InChI=1S/C36H62O7/c1-3-5-7-9-11-13-15-19-29-31(41-29)21-17-23-39-35(37)27-25-33-34(43-33)26-28(27)36(38)40-24-18-22-32-30(42-32)20-16-14-12-10-8-6-4-2/h27-34H,3-26H2,1-2H3. The van der Waals surface area contributed by atoms with Crippen LogP contribution in [-0.4, -0.2) is 61.8 Å². The first kappa shape index (κ1) is 34.7. The summed E-state index contributed by atoms with van der Waals surface area (Å²) < 4.78 is 28.7. The van der Waals surface area contributed by atoms with Crippen LogP contribution in [0.2, 0.25) is 0 Å². The molecule has 0 radical (unpaired) electrons. The Kier molecular flexibility index (Phi) is 15.6. The number of hydrogen-bond acceptors (Lipinski definition) is 7. The van der Waals surface area contributed by atoms with E-state index in [1.54, 1.807) is 0 Å². The Bertz CT molecular complexity index is 738. The second kappa shape index (κ2) is 19.4. The van der Waals surface area contributed by atoms with E-state index < -0.39 is 11.8 Å². The molecule has 0 spiro atoms. The van der Waals surface area contributed by atoms with Crippen molar-refractivity contribution in [3.05, 3.63) is 0 Å². The zero-order valence-electron chi connectivity index (χ0n) is 27.4. The predicted octanol–water partition coefficient (Wildman–Crippen LogP) is 8.24. The van der Waals surface area contributed by atoms with Gasteiger partial charge in [0.05, 0.1) is 61.7 Å². The van der Waals surface area contributed by atoms with Gasteiger partial charge < -0.3 is 23.7 Å². The molecule has 0 bridgehead atoms. The van der Waals surface area contributed by atoms with E-state index in [-0.39, 0.29) is 24.1 Å². The van der Waals surface area contributed by atoms with Gasteiger partial charge in [0.2, 0.25) is 0 Å². The van der Waals surface area contributed by atoms with E-state index in [0.717, 1.165) is 38.5 Å². The molecule has 248 valence electrons. The van der Waals surface area contributed by atoms with E-state index in [9.17, 15) is 9.59 Å². The molecule has 7 heteroatoms. The van der Waals surface area contributed by atoms with Crippen LogP contribution in [0.25, 0.3) is 0 Å². The topological polar surface area (TPSA) is 90.2 Å². The van der Waals surface area contributed by atoms with Crippen molar-refractivity contribution in [3.8, 4) is 0 Å². The minimum absolute atomic E-state index is 0.0918. The van der Waals surface area contributed by atoms with Crippen LogP contribution < -0.4 is 0 Å². The van der Waals surface area contributed by atoms with Crippen LogP contribution in [0.15, 0.2) is 0 Å². The highest BCUT2D eigenvalue weighted by atomic mass is 16.6. The zero-order valence-corrected chi connectivity index (χ0v) is 27.4. The number of hydrogen-bond donors (Lipinski definition) is 0. The normalized spacial score (nSPS) is 30.5. The SMILES string of the molecule is CCCCCCCCCC1OC1CCCOC(=O)C1CC2OC2CC1C(=O)OCCCC1OC1CCCCCCCCC. The third kappa shape index (κ3) is 13.0. The van der Waals surface area contributed by atoms with E-state index in [1.165, 1.54) is 89.9 Å². The van der Waals surface area contributed by atoms with Gasteiger partial charge in [-0.3, -0.25) is 9.59 Å². The van der Waals surface area contributed by atoms with Gasteiger partial charge in [0, 0.05) is 0 Å². The van der Waals surface area contributed by atoms with Crippen LogP contribution >= 0.6 is 0 Å². The quantitative estimate of drug-likeness (QED) is 0.0556. The molecule has 4 aliphatic rings. The first-order valence-electron chi connectivity index (χ1n) is 18.4. The van der Waals surface area contributed by atoms with Crippen LogP contribution in [0.4, 0.5) is 0 Å². The maximum Gasteiger partial charge on any atom is 0.309 e. The molecule has 0 aromatic rings. The Hall–Kier alpha value is -1.18. The number of esters is 2. The van der Waals surface area contributed by atoms with Crippen molar-refractivity contribution in [2.75, 3.05) is 13.2 Å². The number of carbonyl (C=O) groups excluding carboxylic acids is 2. The predicted molar refractivity (Wildman–Crippen MR) is 168 cm³/mol. The molecule has 0 aromatic heterocycles. The van der Waals surface area contributed by atoms with Crippen molar-refractivity contribution in [3.63, 3.8) is 0 Å². The molecule has 8 atom stereocenters. The summed E-state index contributed by atoms with van der Waals surface area (Å²) in [5, 5.41) is 0. The molecule has 3 heterocycles. The fourth-order valence-corrected chi connectivity index (χ4v) is 7.05. The Labute approximate surface area is 261 Å². The zero-order chi connectivity index (χ0) is 30.3. The van der Waals surface area contributed by atoms with Gasteiger partial charge in [-0.2, -0.15) is 0 Å². The van der Waals surface area contributed by atoms with Gasteiger partial charge in [0.25, 0.3) is 0 Å². The van der Waals surface area contributed by atoms with E-state index in [1.807, 2.05) is 0 Å². The van der Waals surface area contributed by atoms with Crippen molar-refractivity contribution in [1.82, 2.24) is 0 Å². The van der Waals surface area contributed by atoms with Crippen molar-refractivity contribution >= 4 is 11.9 Å². The second-order valence-electron chi connectivity index (χ2n) is 13.8. The van der Waals surface area contributed by atoms with Crippen LogP contribution in [0.1, 0.15) is 155 Å². The molecular formula is C36H62O7. The van der Waals surface area contributed by atoms with E-state index in [0.29, 0.717) is 50.5 Å². The highest BCUT2D eigenvalue weighted by Crippen LogP contribution is 2.44. The van der Waals surface area contributed by atoms with E-state index in [2.05, 4.69) is 13.8 Å². The summed E-state index contributed by atoms with van der Waals surface area (Å²) in [4.78, 5) is 25.9. The largest absolute Gasteiger partial charge is 0.465 e. The van der Waals surface area contributed by atoms with Gasteiger partial charge in [0.15, 0.2) is 0 Å². The number of unbranched alkanes of at least 4 members (excludes halogenated alkanes) is 12. The third-order valence-corrected chi connectivity index (χ3v) is 10.1. The lowest BCUT2D eigenvalue weighted by atomic mass is 9.79. The molecule has 1 aliphatic carbocycles. The number of ether oxygens (including phenoxy) is 5. The number of epoxide rings is 3. The lowest BCUT2D eigenvalue weighted by Crippen LogP contribution is -2.38. The van der Waals surface area contributed by atoms with Crippen molar-refractivity contribution in [2.45, 2.75) is 192 Å². The average Bonchev–Trinajstić information content (AvgIpc) is 3.92. The van der Waals surface area contributed by atoms with Crippen LogP contribution in [0.3, 0.4) is 0 Å². The molecule has 1 saturated carbocycles. The molecule has 8 unspecified atom stereocenters. The molecular weight excluding hydrogens is 544 g/mol. The van der Waals surface area contributed by atoms with Crippen molar-refractivity contribution < 1.29 is 33.3 Å². The Morgan fingerprint density at radius 2 is 0.837 bits per heavy atom. The van der Waals surface area contributed by atoms with Crippen molar-refractivity contribution in [2.24, 2.45) is 11.8 Å². The van der Waals surface area contributed by atoms with Gasteiger partial charge in [-0.05, 0) is 51.4 Å². The maximum atomic E-state index is 13.0. The summed E-state index contributed by atoms with van der Waals surface area (Å²) in [6.45, 7) is 5.28. The molecule has 3 saturated heterocycles. The lowest BCUT2D eigenvalue weighted by molar-refractivity contribution is -0.162. The minimum atomic E-state index is -0.461. The summed E-state index contributed by atoms with van der Waals surface area (Å²) in [5.74, 6) is -1.47. The molecule has 0 amide bonds. The number of carbonyl (C=O) groups is 2. The van der Waals surface area contributed by atoms with Gasteiger partial charge in [-0.1, -0.05) is 104 Å². The van der Waals surface area contributed by atoms with Crippen LogP contribution in [-0.2, 0) is 33.3 Å². The Morgan fingerprint density at radius 3 is 1.23 bits per heavy atom. The van der Waals surface area contributed by atoms with Crippen LogP contribution in [0, 0.1) is 11.8 Å². The fraction of sp³-hybridized carbons (Fsp3) is 0.944. The van der Waals surface area contributed by atoms with Gasteiger partial charge in [-0.25, -0.2) is 0 Å². The molecule has 3 aliphatic heterocycles. The third-order valence-electron chi connectivity index (χ3n) is 10.1. The number of rotatable bonds is 26. The molecule has 7 nitrogen and oxygen atoms in total. The molecule has 4 fully saturated rings. The minimum Gasteiger partial charge on any atom is -0.465 e. The average molecular weight is 607 g/mol. The summed E-state index contributed by atoms with van der Waals surface area (Å²) in [7, 11) is 0. The Morgan fingerprint density at radius 1 is 0.488 bits per heavy atom. The van der Waals surface area contributed by atoms with E-state index in [4.69, 9.17) is 23.7 Å². The second-order valence-corrected chi connectivity index (χ2v) is 13.8. The Balaban J connectivity index is 1.01. The lowest BCUT2D eigenvalue weighted by Gasteiger charge is -2.26. The molecule has 0 aromatic carbocycles. The van der Waals surface area contributed by atoms with Gasteiger partial charge >= 0.3 is 11.9 Å². The van der Waals surface area contributed by atoms with E-state index >= 15 is 0 Å². The fourth-order valence-electron chi connectivity index (χ4n) is 7.05. The molecule has 4 rings (SSSR count). The highest BCUT2D eigenvalue weighted by molar-refractivity contribution is 5.82. The summed E-state index contributed by atoms with van der Waals surface area (Å²) in [6, 6.07) is 0. The maximum absolute atomic E-state index is 13.0. The first-order chi connectivity index (χ1) is 21.1. The summed E-state index contributed by atoms with van der Waals surface area (Å²) in [6.07, 6.45) is 27.1. The van der Waals surface area contributed by atoms with Gasteiger partial charge in [-0.15, -0.1) is 0 Å². The number of fused-ring (bicyclic) bond motifs is 1. The van der Waals surface area contributed by atoms with Gasteiger partial charge in [0.1, 0.15) is 0 Å². The molecule has 0 N–H and O–H groups in total. The van der Waals surface area contributed by atoms with Crippen molar-refractivity contribution in [1.29, 1.82) is 0 Å².